The van der Waals surface area contributed by atoms with Gasteiger partial charge in [0.15, 0.2) is 16.6 Å². The SMILES string of the molecule is CC(C)Cc1ccc(CCCCCCCCCCC[Si](C)(C)O[Si](C)(C)CCCCCCCCCCCc2ccc(CC(C)C)s2)s1. The van der Waals surface area contributed by atoms with Crippen LogP contribution in [-0.4, -0.2) is 16.6 Å². The third-order valence-electron chi connectivity index (χ3n) is 9.61. The van der Waals surface area contributed by atoms with Crippen LogP contribution in [0.25, 0.3) is 0 Å². The molecule has 0 saturated heterocycles. The molecule has 0 spiro atoms. The highest BCUT2D eigenvalue weighted by Gasteiger charge is 2.32. The summed E-state index contributed by atoms with van der Waals surface area (Å²) in [5, 5.41) is 0. The van der Waals surface area contributed by atoms with Crippen molar-refractivity contribution in [3.63, 3.8) is 0 Å². The minimum absolute atomic E-state index is 0.771. The number of hydrogen-bond acceptors (Lipinski definition) is 3. The molecular weight excluding hydrogens is 641 g/mol. The Kier molecular flexibility index (Phi) is 22.7. The molecule has 0 fully saturated rings. The lowest BCUT2D eigenvalue weighted by Crippen LogP contribution is -2.44. The largest absolute Gasteiger partial charge is 0.455 e. The first kappa shape index (κ1) is 43.0. The molecule has 0 aliphatic heterocycles. The molecule has 0 radical (unpaired) electrons. The Morgan fingerprint density at radius 2 is 0.702 bits per heavy atom. The third-order valence-corrected chi connectivity index (χ3v) is 19.5. The van der Waals surface area contributed by atoms with Gasteiger partial charge in [-0.15, -0.1) is 22.7 Å². The van der Waals surface area contributed by atoms with Gasteiger partial charge in [0, 0.05) is 19.5 Å². The van der Waals surface area contributed by atoms with Crippen LogP contribution in [0.3, 0.4) is 0 Å². The van der Waals surface area contributed by atoms with Gasteiger partial charge < -0.3 is 4.12 Å². The van der Waals surface area contributed by atoms with Gasteiger partial charge in [-0.2, -0.15) is 0 Å². The van der Waals surface area contributed by atoms with Gasteiger partial charge in [0.25, 0.3) is 0 Å². The van der Waals surface area contributed by atoms with Gasteiger partial charge in [0.05, 0.1) is 0 Å². The van der Waals surface area contributed by atoms with Crippen molar-refractivity contribution in [2.45, 2.75) is 207 Å². The summed E-state index contributed by atoms with van der Waals surface area (Å²) < 4.78 is 6.97. The first-order valence-electron chi connectivity index (χ1n) is 20.3. The number of aryl methyl sites for hydroxylation is 2. The molecule has 0 unspecified atom stereocenters. The Morgan fingerprint density at radius 1 is 0.426 bits per heavy atom. The van der Waals surface area contributed by atoms with Crippen LogP contribution in [0.4, 0.5) is 0 Å². The second-order valence-electron chi connectivity index (χ2n) is 16.9. The summed E-state index contributed by atoms with van der Waals surface area (Å²) in [5.41, 5.74) is 0. The van der Waals surface area contributed by atoms with Crippen LogP contribution < -0.4 is 0 Å². The van der Waals surface area contributed by atoms with Gasteiger partial charge in [-0.05, 0) is 113 Å². The fourth-order valence-corrected chi connectivity index (χ4v) is 18.7. The summed E-state index contributed by atoms with van der Waals surface area (Å²) in [6.07, 6.45) is 30.5. The molecule has 1 nitrogen and oxygen atoms in total. The van der Waals surface area contributed by atoms with Crippen molar-refractivity contribution in [3.8, 4) is 0 Å². The van der Waals surface area contributed by atoms with Crippen LogP contribution in [0.2, 0.25) is 38.3 Å². The molecule has 0 atom stereocenters. The molecule has 47 heavy (non-hydrogen) atoms. The molecule has 0 amide bonds. The van der Waals surface area contributed by atoms with E-state index < -0.39 is 16.6 Å². The Hall–Kier alpha value is -0.206. The zero-order chi connectivity index (χ0) is 34.4. The van der Waals surface area contributed by atoms with Crippen LogP contribution in [0.15, 0.2) is 24.3 Å². The molecule has 2 aromatic rings. The molecule has 2 aromatic heterocycles. The molecule has 0 saturated carbocycles. The number of thiophene rings is 2. The van der Waals surface area contributed by atoms with Gasteiger partial charge >= 0.3 is 0 Å². The van der Waals surface area contributed by atoms with Crippen LogP contribution >= 0.6 is 22.7 Å². The maximum Gasteiger partial charge on any atom is 0.173 e. The Balaban J connectivity index is 1.37. The Morgan fingerprint density at radius 3 is 1.02 bits per heavy atom. The highest BCUT2D eigenvalue weighted by Crippen LogP contribution is 2.27. The van der Waals surface area contributed by atoms with E-state index >= 15 is 0 Å². The standard InChI is InChI=1S/C42H78OS2Si2/c1-37(2)35-41-31-29-39(44-41)27-23-19-15-11-9-13-17-21-25-33-46(5,6)43-47(7,8)34-26-22-18-14-10-12-16-20-24-28-40-30-32-42(45-40)36-38(3)4/h29-32,37-38H,9-28,33-36H2,1-8H3. The average Bonchev–Trinajstić information content (AvgIpc) is 3.62. The molecule has 0 aliphatic rings. The minimum atomic E-state index is -1.53. The topological polar surface area (TPSA) is 9.23 Å². The molecule has 0 aromatic carbocycles. The second kappa shape index (κ2) is 24.9. The van der Waals surface area contributed by atoms with Crippen molar-refractivity contribution in [2.24, 2.45) is 11.8 Å². The summed E-state index contributed by atoms with van der Waals surface area (Å²) in [4.78, 5) is 6.36. The van der Waals surface area contributed by atoms with E-state index in [1.807, 2.05) is 0 Å². The lowest BCUT2D eigenvalue weighted by Gasteiger charge is -2.34. The first-order valence-corrected chi connectivity index (χ1v) is 28.2. The summed E-state index contributed by atoms with van der Waals surface area (Å²) in [6.45, 7) is 19.3. The van der Waals surface area contributed by atoms with Crippen molar-refractivity contribution in [1.82, 2.24) is 0 Å². The van der Waals surface area contributed by atoms with Crippen LogP contribution in [0.1, 0.15) is 163 Å². The molecule has 0 aliphatic carbocycles. The predicted octanol–water partition coefficient (Wildman–Crippen LogP) is 15.4. The molecule has 0 bridgehead atoms. The van der Waals surface area contributed by atoms with Crippen molar-refractivity contribution in [2.75, 3.05) is 0 Å². The molecular formula is C42H78OS2Si2. The zero-order valence-corrected chi connectivity index (χ0v) is 36.3. The van der Waals surface area contributed by atoms with E-state index in [1.165, 1.54) is 153 Å². The van der Waals surface area contributed by atoms with Crippen molar-refractivity contribution in [1.29, 1.82) is 0 Å². The monoisotopic (exact) mass is 719 g/mol. The number of hydrogen-bond donors (Lipinski definition) is 0. The quantitative estimate of drug-likeness (QED) is 0.0577. The predicted molar refractivity (Wildman–Crippen MR) is 222 cm³/mol. The van der Waals surface area contributed by atoms with Gasteiger partial charge in [0.1, 0.15) is 0 Å². The van der Waals surface area contributed by atoms with Gasteiger partial charge in [0.2, 0.25) is 0 Å². The number of rotatable bonds is 30. The van der Waals surface area contributed by atoms with E-state index in [-0.39, 0.29) is 0 Å². The molecule has 272 valence electrons. The number of unbranched alkanes of at least 4 members (excludes halogenated alkanes) is 16. The second-order valence-corrected chi connectivity index (χ2v) is 28.3. The lowest BCUT2D eigenvalue weighted by atomic mass is 10.1. The fourth-order valence-electron chi connectivity index (χ4n) is 7.16. The first-order chi connectivity index (χ1) is 22.4. The molecule has 0 N–H and O–H groups in total. The van der Waals surface area contributed by atoms with E-state index in [0.717, 1.165) is 11.8 Å². The van der Waals surface area contributed by atoms with E-state index in [9.17, 15) is 0 Å². The van der Waals surface area contributed by atoms with Crippen LogP contribution in [0.5, 0.6) is 0 Å². The molecule has 5 heteroatoms. The van der Waals surface area contributed by atoms with Crippen molar-refractivity contribution in [3.05, 3.63) is 43.8 Å². The van der Waals surface area contributed by atoms with E-state index in [2.05, 4.69) is 101 Å². The normalized spacial score (nSPS) is 12.6. The van der Waals surface area contributed by atoms with Crippen molar-refractivity contribution >= 4 is 39.3 Å². The minimum Gasteiger partial charge on any atom is -0.455 e. The van der Waals surface area contributed by atoms with E-state index in [0.29, 0.717) is 0 Å². The Bertz CT molecular complexity index is 941. The highest BCUT2D eigenvalue weighted by atomic mass is 32.1. The fraction of sp³-hybridized carbons (Fsp3) is 0.810. The van der Waals surface area contributed by atoms with Gasteiger partial charge in [-0.3, -0.25) is 0 Å². The van der Waals surface area contributed by atoms with Gasteiger partial charge in [-0.1, -0.05) is 130 Å². The zero-order valence-electron chi connectivity index (χ0n) is 32.7. The van der Waals surface area contributed by atoms with Crippen LogP contribution in [-0.2, 0) is 29.8 Å². The van der Waals surface area contributed by atoms with Crippen LogP contribution in [0, 0.1) is 11.8 Å². The smallest absolute Gasteiger partial charge is 0.173 e. The van der Waals surface area contributed by atoms with Gasteiger partial charge in [-0.25, -0.2) is 0 Å². The van der Waals surface area contributed by atoms with Crippen molar-refractivity contribution < 1.29 is 4.12 Å². The average molecular weight is 719 g/mol. The summed E-state index contributed by atoms with van der Waals surface area (Å²) in [6, 6.07) is 12.2. The lowest BCUT2D eigenvalue weighted by molar-refractivity contribution is 0.515. The summed E-state index contributed by atoms with van der Waals surface area (Å²) in [5.74, 6) is 1.54. The Labute approximate surface area is 304 Å². The maximum atomic E-state index is 6.97. The van der Waals surface area contributed by atoms with E-state index in [4.69, 9.17) is 4.12 Å². The van der Waals surface area contributed by atoms with E-state index in [1.54, 1.807) is 19.5 Å². The molecule has 2 heterocycles. The maximum absolute atomic E-state index is 6.97. The summed E-state index contributed by atoms with van der Waals surface area (Å²) in [7, 11) is -3.05. The third kappa shape index (κ3) is 23.0. The highest BCUT2D eigenvalue weighted by molar-refractivity contribution is 7.12. The summed E-state index contributed by atoms with van der Waals surface area (Å²) >= 11 is 4.10. The molecule has 2 rings (SSSR count).